The predicted molar refractivity (Wildman–Crippen MR) is 112 cm³/mol. The zero-order valence-electron chi connectivity index (χ0n) is 18.3. The first-order chi connectivity index (χ1) is 14.1. The van der Waals surface area contributed by atoms with E-state index in [9.17, 15) is 19.7 Å². The first-order valence-corrected chi connectivity index (χ1v) is 11.0. The minimum Gasteiger partial charge on any atom is -0.461 e. The van der Waals surface area contributed by atoms with E-state index >= 15 is 0 Å². The molecular weight excluding hydrogens is 382 g/mol. The molecule has 4 rings (SSSR count). The highest BCUT2D eigenvalue weighted by atomic mass is 16.6. The summed E-state index contributed by atoms with van der Waals surface area (Å²) in [4.78, 5) is 35.1. The van der Waals surface area contributed by atoms with Gasteiger partial charge >= 0.3 is 5.97 Å². The van der Waals surface area contributed by atoms with E-state index in [1.807, 2.05) is 26.8 Å². The summed E-state index contributed by atoms with van der Waals surface area (Å²) in [5, 5.41) is 11.7. The number of nitro benzene ring substituents is 1. The zero-order valence-corrected chi connectivity index (χ0v) is 18.3. The SMILES string of the molecule is CC(C)(C)C(=O)O[C@H]1CC[C@H]2[C@@H]3CCc4c(ccc(C=O)c4[N+](=O)[O-])[C@H]3CC[C@]12C. The molecule has 3 aliphatic rings. The summed E-state index contributed by atoms with van der Waals surface area (Å²) in [6.45, 7) is 7.94. The Morgan fingerprint density at radius 3 is 2.60 bits per heavy atom. The van der Waals surface area contributed by atoms with Gasteiger partial charge in [-0.15, -0.1) is 0 Å². The lowest BCUT2D eigenvalue weighted by Gasteiger charge is -2.50. The van der Waals surface area contributed by atoms with Crippen LogP contribution in [0.15, 0.2) is 12.1 Å². The molecule has 0 saturated heterocycles. The second kappa shape index (κ2) is 7.17. The van der Waals surface area contributed by atoms with Crippen LogP contribution in [0.2, 0.25) is 0 Å². The van der Waals surface area contributed by atoms with Gasteiger partial charge in [-0.3, -0.25) is 19.7 Å². The maximum absolute atomic E-state index is 12.5. The van der Waals surface area contributed by atoms with E-state index < -0.39 is 10.3 Å². The molecule has 6 heteroatoms. The number of carbonyl (C=O) groups excluding carboxylic acids is 2. The maximum atomic E-state index is 12.5. The fourth-order valence-electron chi connectivity index (χ4n) is 6.43. The summed E-state index contributed by atoms with van der Waals surface area (Å²) in [6.07, 6.45) is 5.87. The topological polar surface area (TPSA) is 86.5 Å². The average molecular weight is 414 g/mol. The van der Waals surface area contributed by atoms with Crippen molar-refractivity contribution >= 4 is 17.9 Å². The normalized spacial score (nSPS) is 32.5. The second-order valence-electron chi connectivity index (χ2n) is 10.6. The zero-order chi connectivity index (χ0) is 21.8. The number of aldehydes is 1. The van der Waals surface area contributed by atoms with Crippen molar-refractivity contribution in [2.24, 2.45) is 22.7 Å². The number of hydrogen-bond acceptors (Lipinski definition) is 5. The Kier molecular flexibility index (Phi) is 5.02. The van der Waals surface area contributed by atoms with Crippen molar-refractivity contribution in [3.8, 4) is 0 Å². The van der Waals surface area contributed by atoms with Crippen molar-refractivity contribution in [1.82, 2.24) is 0 Å². The summed E-state index contributed by atoms with van der Waals surface area (Å²) < 4.78 is 6.01. The molecule has 0 bridgehead atoms. The minimum atomic E-state index is -0.509. The number of nitrogens with zero attached hydrogens (tertiary/aromatic N) is 1. The quantitative estimate of drug-likeness (QED) is 0.293. The highest BCUT2D eigenvalue weighted by Gasteiger charge is 2.57. The molecule has 6 nitrogen and oxygen atoms in total. The van der Waals surface area contributed by atoms with Crippen LogP contribution in [-0.4, -0.2) is 23.3 Å². The molecule has 1 aromatic rings. The second-order valence-corrected chi connectivity index (χ2v) is 10.6. The summed E-state index contributed by atoms with van der Waals surface area (Å²) in [6, 6.07) is 3.56. The van der Waals surface area contributed by atoms with Gasteiger partial charge in [0.2, 0.25) is 0 Å². The Bertz CT molecular complexity index is 902. The first kappa shape index (κ1) is 21.0. The van der Waals surface area contributed by atoms with Crippen molar-refractivity contribution in [2.45, 2.75) is 78.2 Å². The number of hydrogen-bond donors (Lipinski definition) is 0. The lowest BCUT2D eigenvalue weighted by molar-refractivity contribution is -0.385. The van der Waals surface area contributed by atoms with E-state index in [1.165, 1.54) is 0 Å². The molecule has 0 unspecified atom stereocenters. The third-order valence-corrected chi connectivity index (χ3v) is 8.00. The predicted octanol–water partition coefficient (Wildman–Crippen LogP) is 5.22. The smallest absolute Gasteiger partial charge is 0.311 e. The van der Waals surface area contributed by atoms with Gasteiger partial charge in [0, 0.05) is 11.0 Å². The van der Waals surface area contributed by atoms with Crippen LogP contribution in [0, 0.1) is 32.8 Å². The van der Waals surface area contributed by atoms with Gasteiger partial charge in [-0.1, -0.05) is 13.0 Å². The summed E-state index contributed by atoms with van der Waals surface area (Å²) in [5.41, 5.74) is 1.44. The Labute approximate surface area is 177 Å². The lowest BCUT2D eigenvalue weighted by atomic mass is 9.55. The van der Waals surface area contributed by atoms with Gasteiger partial charge in [0.25, 0.3) is 5.69 Å². The molecule has 0 spiro atoms. The summed E-state index contributed by atoms with van der Waals surface area (Å²) in [5.74, 6) is 1.04. The average Bonchev–Trinajstić information content (AvgIpc) is 3.02. The number of esters is 1. The Morgan fingerprint density at radius 1 is 1.23 bits per heavy atom. The van der Waals surface area contributed by atoms with Gasteiger partial charge in [0.05, 0.1) is 15.9 Å². The summed E-state index contributed by atoms with van der Waals surface area (Å²) in [7, 11) is 0. The fourth-order valence-corrected chi connectivity index (χ4v) is 6.43. The Balaban J connectivity index is 1.63. The van der Waals surface area contributed by atoms with E-state index in [0.29, 0.717) is 24.5 Å². The molecule has 0 aliphatic heterocycles. The number of nitro groups is 1. The molecule has 0 radical (unpaired) electrons. The largest absolute Gasteiger partial charge is 0.461 e. The molecule has 0 amide bonds. The minimum absolute atomic E-state index is 0.00214. The van der Waals surface area contributed by atoms with Crippen LogP contribution >= 0.6 is 0 Å². The number of carbonyl (C=O) groups is 2. The number of benzene rings is 1. The van der Waals surface area contributed by atoms with Gasteiger partial charge in [0.1, 0.15) is 6.10 Å². The maximum Gasteiger partial charge on any atom is 0.311 e. The van der Waals surface area contributed by atoms with Crippen molar-refractivity contribution in [3.05, 3.63) is 38.9 Å². The summed E-state index contributed by atoms with van der Waals surface area (Å²) >= 11 is 0. The van der Waals surface area contributed by atoms with Crippen LogP contribution < -0.4 is 0 Å². The molecule has 5 atom stereocenters. The van der Waals surface area contributed by atoms with Crippen LogP contribution in [0.1, 0.15) is 87.2 Å². The molecule has 30 heavy (non-hydrogen) atoms. The lowest BCUT2D eigenvalue weighted by Crippen LogP contribution is -2.46. The van der Waals surface area contributed by atoms with E-state index in [2.05, 4.69) is 6.92 Å². The molecule has 0 N–H and O–H groups in total. The Morgan fingerprint density at radius 2 is 1.97 bits per heavy atom. The first-order valence-electron chi connectivity index (χ1n) is 11.0. The third-order valence-electron chi connectivity index (χ3n) is 8.00. The molecule has 1 aromatic carbocycles. The molecule has 3 aliphatic carbocycles. The van der Waals surface area contributed by atoms with Gasteiger partial charge in [0.15, 0.2) is 6.29 Å². The van der Waals surface area contributed by atoms with Crippen LogP contribution in [-0.2, 0) is 16.0 Å². The van der Waals surface area contributed by atoms with E-state index in [4.69, 9.17) is 4.74 Å². The molecule has 0 aromatic heterocycles. The highest BCUT2D eigenvalue weighted by Crippen LogP contribution is 2.62. The van der Waals surface area contributed by atoms with Gasteiger partial charge in [-0.05, 0) is 88.7 Å². The van der Waals surface area contributed by atoms with Crippen molar-refractivity contribution in [2.75, 3.05) is 0 Å². The molecular formula is C24H31NO5. The standard InChI is InChI=1S/C24H31NO5/c1-23(2,3)22(27)30-20-10-9-19-17-7-8-18-15(16(17)11-12-24(19,20)4)6-5-14(13-26)21(18)25(28)29/h5-6,13,16-17,19-20H,7-12H2,1-4H3/t16-,17-,19+,20+,24+/m1/s1. The van der Waals surface area contributed by atoms with Crippen LogP contribution in [0.3, 0.4) is 0 Å². The van der Waals surface area contributed by atoms with Crippen LogP contribution in [0.5, 0.6) is 0 Å². The van der Waals surface area contributed by atoms with Gasteiger partial charge in [-0.25, -0.2) is 0 Å². The molecule has 0 heterocycles. The third kappa shape index (κ3) is 3.15. The van der Waals surface area contributed by atoms with Crippen molar-refractivity contribution < 1.29 is 19.2 Å². The van der Waals surface area contributed by atoms with Crippen LogP contribution in [0.25, 0.3) is 0 Å². The molecule has 2 saturated carbocycles. The highest BCUT2D eigenvalue weighted by molar-refractivity contribution is 5.83. The van der Waals surface area contributed by atoms with Crippen molar-refractivity contribution in [1.29, 1.82) is 0 Å². The van der Waals surface area contributed by atoms with Crippen LogP contribution in [0.4, 0.5) is 5.69 Å². The van der Waals surface area contributed by atoms with E-state index in [1.54, 1.807) is 6.07 Å². The van der Waals surface area contributed by atoms with Gasteiger partial charge in [-0.2, -0.15) is 0 Å². The number of rotatable bonds is 3. The van der Waals surface area contributed by atoms with E-state index in [0.717, 1.165) is 43.2 Å². The molecule has 162 valence electrons. The monoisotopic (exact) mass is 413 g/mol. The fraction of sp³-hybridized carbons (Fsp3) is 0.667. The number of ether oxygens (including phenoxy) is 1. The number of fused-ring (bicyclic) bond motifs is 5. The van der Waals surface area contributed by atoms with Crippen molar-refractivity contribution in [3.63, 3.8) is 0 Å². The Hall–Kier alpha value is -2.24. The van der Waals surface area contributed by atoms with Gasteiger partial charge < -0.3 is 4.74 Å². The van der Waals surface area contributed by atoms with E-state index in [-0.39, 0.29) is 34.7 Å². The molecule has 2 fully saturated rings.